The fourth-order valence-electron chi connectivity index (χ4n) is 3.78. The molecule has 3 nitrogen and oxygen atoms in total. The molecular weight excluding hydrogens is 278 g/mol. The maximum absolute atomic E-state index is 3.26. The van der Waals surface area contributed by atoms with Crippen LogP contribution in [0.5, 0.6) is 0 Å². The summed E-state index contributed by atoms with van der Waals surface area (Å²) in [5.41, 5.74) is 1.55. The molecule has 0 saturated carbocycles. The third-order valence-electron chi connectivity index (χ3n) is 4.97. The summed E-state index contributed by atoms with van der Waals surface area (Å²) in [6.07, 6.45) is 5.63. The lowest BCUT2D eigenvalue weighted by molar-refractivity contribution is 0.161. The first kappa shape index (κ1) is 15.5. The minimum Gasteiger partial charge on any atom is -0.315 e. The van der Waals surface area contributed by atoms with Gasteiger partial charge in [-0.15, -0.1) is 11.3 Å². The molecule has 0 aliphatic carbocycles. The van der Waals surface area contributed by atoms with Gasteiger partial charge in [-0.05, 0) is 58.0 Å². The fourth-order valence-corrected chi connectivity index (χ4v) is 4.85. The van der Waals surface area contributed by atoms with Crippen molar-refractivity contribution in [3.05, 3.63) is 21.4 Å². The van der Waals surface area contributed by atoms with E-state index < -0.39 is 0 Å². The van der Waals surface area contributed by atoms with Crippen molar-refractivity contribution in [2.24, 2.45) is 0 Å². The fraction of sp³-hybridized carbons (Fsp3) is 0.765. The van der Waals surface area contributed by atoms with Gasteiger partial charge in [-0.1, -0.05) is 6.42 Å². The third-order valence-corrected chi connectivity index (χ3v) is 6.06. The topological polar surface area (TPSA) is 18.5 Å². The Bertz CT molecular complexity index is 451. The van der Waals surface area contributed by atoms with Crippen LogP contribution < -0.4 is 5.32 Å². The van der Waals surface area contributed by atoms with Crippen LogP contribution in [-0.2, 0) is 13.1 Å². The molecule has 2 aliphatic heterocycles. The van der Waals surface area contributed by atoms with E-state index in [-0.39, 0.29) is 0 Å². The Morgan fingerprint density at radius 1 is 1.24 bits per heavy atom. The molecule has 0 spiro atoms. The molecule has 1 unspecified atom stereocenters. The van der Waals surface area contributed by atoms with Crippen LogP contribution in [-0.4, -0.2) is 49.1 Å². The first-order valence-electron chi connectivity index (χ1n) is 8.45. The average Bonchev–Trinajstić information content (AvgIpc) is 3.09. The molecule has 1 N–H and O–H groups in total. The molecule has 1 aromatic heterocycles. The highest BCUT2D eigenvalue weighted by molar-refractivity contribution is 7.12. The summed E-state index contributed by atoms with van der Waals surface area (Å²) < 4.78 is 0. The van der Waals surface area contributed by atoms with Gasteiger partial charge in [-0.3, -0.25) is 9.80 Å². The van der Waals surface area contributed by atoms with Crippen LogP contribution in [0.15, 0.2) is 6.07 Å². The van der Waals surface area contributed by atoms with Crippen molar-refractivity contribution in [3.8, 4) is 0 Å². The molecule has 2 aliphatic rings. The van der Waals surface area contributed by atoms with Gasteiger partial charge in [-0.25, -0.2) is 0 Å². The van der Waals surface area contributed by atoms with E-state index in [1.165, 1.54) is 61.6 Å². The molecule has 118 valence electrons. The Balaban J connectivity index is 1.54. The van der Waals surface area contributed by atoms with Crippen molar-refractivity contribution in [1.82, 2.24) is 15.1 Å². The number of hydrogen-bond acceptors (Lipinski definition) is 4. The van der Waals surface area contributed by atoms with Gasteiger partial charge in [-0.2, -0.15) is 0 Å². The summed E-state index contributed by atoms with van der Waals surface area (Å²) in [6, 6.07) is 3.23. The first-order valence-corrected chi connectivity index (χ1v) is 9.27. The minimum atomic E-state index is 0.820. The molecule has 0 radical (unpaired) electrons. The van der Waals surface area contributed by atoms with Gasteiger partial charge in [0, 0.05) is 42.0 Å². The van der Waals surface area contributed by atoms with E-state index in [0.29, 0.717) is 0 Å². The number of likely N-dealkylation sites (tertiary alicyclic amines) is 2. The van der Waals surface area contributed by atoms with Gasteiger partial charge in [0.1, 0.15) is 0 Å². The van der Waals surface area contributed by atoms with Crippen LogP contribution >= 0.6 is 11.3 Å². The molecule has 2 fully saturated rings. The molecular formula is C17H29N3S. The van der Waals surface area contributed by atoms with Crippen LogP contribution in [0.25, 0.3) is 0 Å². The van der Waals surface area contributed by atoms with Gasteiger partial charge in [0.25, 0.3) is 0 Å². The number of nitrogens with zero attached hydrogens (tertiary/aromatic N) is 2. The van der Waals surface area contributed by atoms with Crippen LogP contribution in [0, 0.1) is 6.92 Å². The Kier molecular flexibility index (Phi) is 5.33. The highest BCUT2D eigenvalue weighted by Gasteiger charge is 2.28. The smallest absolute Gasteiger partial charge is 0.0296 e. The van der Waals surface area contributed by atoms with E-state index in [1.54, 1.807) is 5.56 Å². The molecule has 2 saturated heterocycles. The lowest BCUT2D eigenvalue weighted by Gasteiger charge is -2.32. The van der Waals surface area contributed by atoms with Crippen LogP contribution in [0.2, 0.25) is 0 Å². The lowest BCUT2D eigenvalue weighted by Crippen LogP contribution is -2.40. The van der Waals surface area contributed by atoms with E-state index in [9.17, 15) is 0 Å². The molecule has 21 heavy (non-hydrogen) atoms. The largest absolute Gasteiger partial charge is 0.315 e. The van der Waals surface area contributed by atoms with Crippen LogP contribution in [0.4, 0.5) is 0 Å². The van der Waals surface area contributed by atoms with Crippen molar-refractivity contribution in [2.75, 3.05) is 33.2 Å². The monoisotopic (exact) mass is 307 g/mol. The number of thiophene rings is 1. The number of piperidine rings is 1. The van der Waals surface area contributed by atoms with E-state index in [4.69, 9.17) is 0 Å². The molecule has 1 aromatic rings. The summed E-state index contributed by atoms with van der Waals surface area (Å²) in [5, 5.41) is 3.26. The Morgan fingerprint density at radius 2 is 2.05 bits per heavy atom. The molecule has 3 rings (SSSR count). The van der Waals surface area contributed by atoms with Gasteiger partial charge >= 0.3 is 0 Å². The zero-order chi connectivity index (χ0) is 14.7. The number of nitrogens with one attached hydrogen (secondary N) is 1. The lowest BCUT2D eigenvalue weighted by atomic mass is 10.1. The Labute approximate surface area is 133 Å². The van der Waals surface area contributed by atoms with Gasteiger partial charge in [0.05, 0.1) is 0 Å². The molecule has 4 heteroatoms. The van der Waals surface area contributed by atoms with E-state index >= 15 is 0 Å². The Morgan fingerprint density at radius 3 is 2.81 bits per heavy atom. The SMILES string of the molecule is CNCc1cc(CN2CCC(N3CCCCC3)C2)c(C)s1. The summed E-state index contributed by atoms with van der Waals surface area (Å²) >= 11 is 1.95. The minimum absolute atomic E-state index is 0.820. The third kappa shape index (κ3) is 3.86. The van der Waals surface area contributed by atoms with Crippen LogP contribution in [0.3, 0.4) is 0 Å². The van der Waals surface area contributed by atoms with E-state index in [1.807, 2.05) is 18.4 Å². The molecule has 1 atom stereocenters. The molecule has 0 amide bonds. The van der Waals surface area contributed by atoms with E-state index in [2.05, 4.69) is 28.1 Å². The van der Waals surface area contributed by atoms with Crippen molar-refractivity contribution < 1.29 is 0 Å². The predicted octanol–water partition coefficient (Wildman–Crippen LogP) is 2.84. The standard InChI is InChI=1S/C17H29N3S/c1-14-15(10-17(21-14)11-18-2)12-19-9-6-16(13-19)20-7-4-3-5-8-20/h10,16,18H,3-9,11-13H2,1-2H3. The van der Waals surface area contributed by atoms with Crippen molar-refractivity contribution in [3.63, 3.8) is 0 Å². The molecule has 0 aromatic carbocycles. The average molecular weight is 308 g/mol. The summed E-state index contributed by atoms with van der Waals surface area (Å²) in [6.45, 7) is 9.65. The summed E-state index contributed by atoms with van der Waals surface area (Å²) in [5.74, 6) is 0. The normalized spacial score (nSPS) is 24.8. The van der Waals surface area contributed by atoms with Gasteiger partial charge in [0.2, 0.25) is 0 Å². The van der Waals surface area contributed by atoms with E-state index in [0.717, 1.165) is 19.1 Å². The maximum Gasteiger partial charge on any atom is 0.0296 e. The quantitative estimate of drug-likeness (QED) is 0.902. The van der Waals surface area contributed by atoms with Gasteiger partial charge in [0.15, 0.2) is 0 Å². The second kappa shape index (κ2) is 7.23. The number of rotatable bonds is 5. The molecule has 0 bridgehead atoms. The maximum atomic E-state index is 3.26. The highest BCUT2D eigenvalue weighted by Crippen LogP contribution is 2.26. The predicted molar refractivity (Wildman–Crippen MR) is 90.9 cm³/mol. The van der Waals surface area contributed by atoms with Gasteiger partial charge < -0.3 is 5.32 Å². The van der Waals surface area contributed by atoms with Crippen molar-refractivity contribution in [2.45, 2.75) is 51.7 Å². The van der Waals surface area contributed by atoms with Crippen molar-refractivity contribution in [1.29, 1.82) is 0 Å². The number of aryl methyl sites for hydroxylation is 1. The highest BCUT2D eigenvalue weighted by atomic mass is 32.1. The second-order valence-electron chi connectivity index (χ2n) is 6.60. The Hall–Kier alpha value is -0.420. The zero-order valence-corrected chi connectivity index (χ0v) is 14.3. The number of hydrogen-bond donors (Lipinski definition) is 1. The van der Waals surface area contributed by atoms with Crippen molar-refractivity contribution >= 4 is 11.3 Å². The molecule has 3 heterocycles. The van der Waals surface area contributed by atoms with Crippen LogP contribution in [0.1, 0.15) is 41.0 Å². The zero-order valence-electron chi connectivity index (χ0n) is 13.5. The first-order chi connectivity index (χ1) is 10.3. The summed E-state index contributed by atoms with van der Waals surface area (Å²) in [7, 11) is 2.03. The summed E-state index contributed by atoms with van der Waals surface area (Å²) in [4.78, 5) is 8.38. The second-order valence-corrected chi connectivity index (χ2v) is 7.94.